The van der Waals surface area contributed by atoms with E-state index in [-0.39, 0.29) is 0 Å². The lowest BCUT2D eigenvalue weighted by atomic mass is 10.1. The van der Waals surface area contributed by atoms with E-state index in [0.29, 0.717) is 28.9 Å². The molecule has 23 heavy (non-hydrogen) atoms. The van der Waals surface area contributed by atoms with Crippen LogP contribution in [0.4, 0.5) is 0 Å². The van der Waals surface area contributed by atoms with Crippen molar-refractivity contribution < 1.29 is 18.6 Å². The third-order valence-corrected chi connectivity index (χ3v) is 3.38. The Labute approximate surface area is 133 Å². The molecule has 118 valence electrons. The molecule has 0 amide bonds. The third kappa shape index (κ3) is 2.83. The molecule has 1 aromatic carbocycles. The monoisotopic (exact) mass is 312 g/mol. The van der Waals surface area contributed by atoms with E-state index in [0.717, 1.165) is 11.1 Å². The Hall–Kier alpha value is -3.02. The van der Waals surface area contributed by atoms with E-state index in [1.54, 1.807) is 39.9 Å². The topological polar surface area (TPSA) is 66.6 Å². The molecule has 2 heterocycles. The Morgan fingerprint density at radius 3 is 2.09 bits per heavy atom. The lowest BCUT2D eigenvalue weighted by Gasteiger charge is -2.13. The van der Waals surface area contributed by atoms with Gasteiger partial charge in [0.1, 0.15) is 0 Å². The molecular formula is C17H16N2O4. The maximum absolute atomic E-state index is 5.84. The van der Waals surface area contributed by atoms with Crippen LogP contribution >= 0.6 is 0 Å². The molecule has 0 saturated heterocycles. The van der Waals surface area contributed by atoms with E-state index in [2.05, 4.69) is 9.97 Å². The zero-order chi connectivity index (χ0) is 16.2. The van der Waals surface area contributed by atoms with Crippen LogP contribution in [-0.2, 0) is 0 Å². The molecule has 0 aliphatic heterocycles. The third-order valence-electron chi connectivity index (χ3n) is 3.38. The van der Waals surface area contributed by atoms with Crippen LogP contribution in [0.25, 0.3) is 22.8 Å². The van der Waals surface area contributed by atoms with Gasteiger partial charge in [0.05, 0.1) is 27.5 Å². The number of hydrogen-bond acceptors (Lipinski definition) is 6. The highest BCUT2D eigenvalue weighted by Gasteiger charge is 2.16. The highest BCUT2D eigenvalue weighted by Crippen LogP contribution is 2.41. The predicted octanol–water partition coefficient (Wildman–Crippen LogP) is 3.43. The Morgan fingerprint density at radius 1 is 0.870 bits per heavy atom. The molecule has 0 fully saturated rings. The molecule has 0 unspecified atom stereocenters. The van der Waals surface area contributed by atoms with Crippen LogP contribution in [0.1, 0.15) is 0 Å². The second kappa shape index (κ2) is 6.39. The van der Waals surface area contributed by atoms with Gasteiger partial charge < -0.3 is 18.6 Å². The van der Waals surface area contributed by atoms with Gasteiger partial charge >= 0.3 is 0 Å². The van der Waals surface area contributed by atoms with Crippen LogP contribution < -0.4 is 14.2 Å². The molecule has 3 aromatic rings. The molecule has 6 nitrogen and oxygen atoms in total. The Bertz CT molecular complexity index is 774. The van der Waals surface area contributed by atoms with Gasteiger partial charge in [-0.1, -0.05) is 0 Å². The number of benzene rings is 1. The first kappa shape index (κ1) is 14.9. The SMILES string of the molecule is COc1cc(-c2cnc(-c3ccncc3)o2)cc(OC)c1OC. The lowest BCUT2D eigenvalue weighted by molar-refractivity contribution is 0.324. The van der Waals surface area contributed by atoms with Gasteiger partial charge in [-0.15, -0.1) is 0 Å². The molecule has 0 bridgehead atoms. The largest absolute Gasteiger partial charge is 0.493 e. The summed E-state index contributed by atoms with van der Waals surface area (Å²) < 4.78 is 21.9. The second-order valence-corrected chi connectivity index (χ2v) is 4.68. The summed E-state index contributed by atoms with van der Waals surface area (Å²) in [5, 5.41) is 0. The van der Waals surface area contributed by atoms with Crippen molar-refractivity contribution in [3.8, 4) is 40.0 Å². The number of nitrogens with zero attached hydrogens (tertiary/aromatic N) is 2. The van der Waals surface area contributed by atoms with Crippen LogP contribution in [-0.4, -0.2) is 31.3 Å². The van der Waals surface area contributed by atoms with Crippen LogP contribution in [0, 0.1) is 0 Å². The molecule has 0 spiro atoms. The van der Waals surface area contributed by atoms with Crippen molar-refractivity contribution in [2.75, 3.05) is 21.3 Å². The number of rotatable bonds is 5. The average molecular weight is 312 g/mol. The Balaban J connectivity index is 2.04. The van der Waals surface area contributed by atoms with E-state index >= 15 is 0 Å². The Morgan fingerprint density at radius 2 is 1.52 bits per heavy atom. The number of ether oxygens (including phenoxy) is 3. The van der Waals surface area contributed by atoms with E-state index in [1.807, 2.05) is 24.3 Å². The first-order valence-corrected chi connectivity index (χ1v) is 6.93. The maximum atomic E-state index is 5.84. The molecule has 0 radical (unpaired) electrons. The first-order chi connectivity index (χ1) is 11.3. The van der Waals surface area contributed by atoms with Gasteiger partial charge in [-0.2, -0.15) is 0 Å². The van der Waals surface area contributed by atoms with Crippen molar-refractivity contribution >= 4 is 0 Å². The van der Waals surface area contributed by atoms with Crippen molar-refractivity contribution in [3.63, 3.8) is 0 Å². The zero-order valence-corrected chi connectivity index (χ0v) is 13.1. The van der Waals surface area contributed by atoms with Crippen LogP contribution in [0.5, 0.6) is 17.2 Å². The molecule has 0 aliphatic rings. The Kier molecular flexibility index (Phi) is 4.14. The van der Waals surface area contributed by atoms with E-state index in [9.17, 15) is 0 Å². The number of aromatic nitrogens is 2. The summed E-state index contributed by atoms with van der Waals surface area (Å²) in [7, 11) is 4.71. The van der Waals surface area contributed by atoms with E-state index in [1.165, 1.54) is 0 Å². The van der Waals surface area contributed by atoms with Gasteiger partial charge in [0.15, 0.2) is 17.3 Å². The fourth-order valence-electron chi connectivity index (χ4n) is 2.26. The van der Waals surface area contributed by atoms with Crippen molar-refractivity contribution in [2.45, 2.75) is 0 Å². The smallest absolute Gasteiger partial charge is 0.226 e. The second-order valence-electron chi connectivity index (χ2n) is 4.68. The summed E-state index contributed by atoms with van der Waals surface area (Å²) in [4.78, 5) is 8.29. The molecule has 3 rings (SSSR count). The van der Waals surface area contributed by atoms with Gasteiger partial charge in [0.2, 0.25) is 11.6 Å². The number of methoxy groups -OCH3 is 3. The number of pyridine rings is 1. The molecule has 6 heteroatoms. The van der Waals surface area contributed by atoms with Crippen molar-refractivity contribution in [3.05, 3.63) is 42.9 Å². The van der Waals surface area contributed by atoms with E-state index < -0.39 is 0 Å². The summed E-state index contributed by atoms with van der Waals surface area (Å²) in [6, 6.07) is 7.31. The number of hydrogen-bond donors (Lipinski definition) is 0. The molecular weight excluding hydrogens is 296 g/mol. The maximum Gasteiger partial charge on any atom is 0.226 e. The van der Waals surface area contributed by atoms with Crippen molar-refractivity contribution in [1.29, 1.82) is 0 Å². The molecule has 0 atom stereocenters. The average Bonchev–Trinajstić information content (AvgIpc) is 3.11. The standard InChI is InChI=1S/C17H16N2O4/c1-20-13-8-12(9-14(21-2)16(13)22-3)15-10-19-17(23-15)11-4-6-18-7-5-11/h4-10H,1-3H3. The fraction of sp³-hybridized carbons (Fsp3) is 0.176. The lowest BCUT2D eigenvalue weighted by Crippen LogP contribution is -1.95. The van der Waals surface area contributed by atoms with Crippen LogP contribution in [0.3, 0.4) is 0 Å². The predicted molar refractivity (Wildman–Crippen MR) is 84.8 cm³/mol. The van der Waals surface area contributed by atoms with Crippen molar-refractivity contribution in [1.82, 2.24) is 9.97 Å². The van der Waals surface area contributed by atoms with Gasteiger partial charge in [-0.05, 0) is 24.3 Å². The summed E-state index contributed by atoms with van der Waals surface area (Å²) in [5.74, 6) is 2.78. The molecule has 0 aliphatic carbocycles. The minimum Gasteiger partial charge on any atom is -0.493 e. The molecule has 0 saturated carbocycles. The fourth-order valence-corrected chi connectivity index (χ4v) is 2.26. The summed E-state index contributed by atoms with van der Waals surface area (Å²) in [6.45, 7) is 0. The van der Waals surface area contributed by atoms with Gasteiger partial charge in [0, 0.05) is 23.5 Å². The highest BCUT2D eigenvalue weighted by molar-refractivity contribution is 5.68. The minimum atomic E-state index is 0.524. The molecule has 2 aromatic heterocycles. The summed E-state index contributed by atoms with van der Waals surface area (Å²) in [5.41, 5.74) is 1.64. The number of oxazole rings is 1. The van der Waals surface area contributed by atoms with Crippen LogP contribution in [0.15, 0.2) is 47.3 Å². The van der Waals surface area contributed by atoms with Crippen molar-refractivity contribution in [2.24, 2.45) is 0 Å². The minimum absolute atomic E-state index is 0.524. The van der Waals surface area contributed by atoms with Gasteiger partial charge in [-0.3, -0.25) is 4.98 Å². The normalized spacial score (nSPS) is 10.4. The first-order valence-electron chi connectivity index (χ1n) is 6.93. The highest BCUT2D eigenvalue weighted by atomic mass is 16.5. The van der Waals surface area contributed by atoms with E-state index in [4.69, 9.17) is 18.6 Å². The summed E-state index contributed by atoms with van der Waals surface area (Å²) in [6.07, 6.45) is 5.05. The van der Waals surface area contributed by atoms with Crippen LogP contribution in [0.2, 0.25) is 0 Å². The zero-order valence-electron chi connectivity index (χ0n) is 13.1. The summed E-state index contributed by atoms with van der Waals surface area (Å²) >= 11 is 0. The molecule has 0 N–H and O–H groups in total. The quantitative estimate of drug-likeness (QED) is 0.719. The van der Waals surface area contributed by atoms with Gasteiger partial charge in [-0.25, -0.2) is 4.98 Å². The van der Waals surface area contributed by atoms with Gasteiger partial charge in [0.25, 0.3) is 0 Å².